The first-order chi connectivity index (χ1) is 11.0. The molecule has 8 heteroatoms. The number of hydrogen-bond acceptors (Lipinski definition) is 6. The van der Waals surface area contributed by atoms with Crippen LogP contribution in [0.25, 0.3) is 0 Å². The number of aromatic nitrogens is 2. The molecule has 0 aliphatic rings. The molecule has 0 aliphatic carbocycles. The predicted octanol–water partition coefficient (Wildman–Crippen LogP) is 1.32. The molecule has 3 N–H and O–H groups in total. The van der Waals surface area contributed by atoms with Gasteiger partial charge in [0.05, 0.1) is 6.54 Å². The van der Waals surface area contributed by atoms with Crippen LogP contribution in [0.2, 0.25) is 0 Å². The van der Waals surface area contributed by atoms with Crippen LogP contribution in [0.1, 0.15) is 5.56 Å². The Bertz CT molecular complexity index is 721. The minimum atomic E-state index is -1.49. The fourth-order valence-electron chi connectivity index (χ4n) is 1.93. The third-order valence-corrected chi connectivity index (χ3v) is 3.60. The van der Waals surface area contributed by atoms with Crippen LogP contribution in [0, 0.1) is 0 Å². The van der Waals surface area contributed by atoms with Crippen LogP contribution in [0.15, 0.2) is 41.4 Å². The Hall–Kier alpha value is -2.16. The van der Waals surface area contributed by atoms with Gasteiger partial charge in [-0.2, -0.15) is 0 Å². The van der Waals surface area contributed by atoms with E-state index in [0.717, 1.165) is 12.3 Å². The molecule has 1 aromatic carbocycles. The van der Waals surface area contributed by atoms with E-state index in [9.17, 15) is 4.55 Å². The molecule has 0 fully saturated rings. The van der Waals surface area contributed by atoms with E-state index in [0.29, 0.717) is 18.6 Å². The van der Waals surface area contributed by atoms with Gasteiger partial charge in [-0.15, -0.1) is 4.37 Å². The van der Waals surface area contributed by atoms with Crippen molar-refractivity contribution in [3.8, 4) is 5.75 Å². The Labute approximate surface area is 138 Å². The zero-order valence-corrected chi connectivity index (χ0v) is 14.0. The fourth-order valence-corrected chi connectivity index (χ4v) is 2.58. The molecule has 0 saturated carbocycles. The lowest BCUT2D eigenvalue weighted by Crippen LogP contribution is -2.10. The first-order valence-corrected chi connectivity index (χ1v) is 8.24. The third kappa shape index (κ3) is 5.85. The van der Waals surface area contributed by atoms with Crippen molar-refractivity contribution in [1.82, 2.24) is 13.6 Å². The summed E-state index contributed by atoms with van der Waals surface area (Å²) in [5, 5.41) is 0. The Morgan fingerprint density at radius 1 is 1.43 bits per heavy atom. The van der Waals surface area contributed by atoms with E-state index in [1.807, 2.05) is 44.4 Å². The minimum Gasteiger partial charge on any atom is -0.548 e. The van der Waals surface area contributed by atoms with Crippen LogP contribution in [-0.2, 0) is 6.54 Å². The number of nitrogen functional groups attached to an aromatic ring is 1. The standard InChI is InChI=1S/C15H21N5O2S/c1-20(2)11-12-6-5-7-13(10-12)22-9-4-3-8-17-15-14(16)18-23(21)19-15/h3-7,10H,8-9,11H2,1-2H3,(H2,16,18)(H,17,19). The molecule has 7 nitrogen and oxygen atoms in total. The van der Waals surface area contributed by atoms with Crippen molar-refractivity contribution in [1.29, 1.82) is 0 Å². The minimum absolute atomic E-state index is 0.172. The second kappa shape index (κ2) is 8.47. The largest absolute Gasteiger partial charge is 0.548 e. The van der Waals surface area contributed by atoms with Crippen LogP contribution in [0.3, 0.4) is 0 Å². The molecule has 1 atom stereocenters. The van der Waals surface area contributed by atoms with Gasteiger partial charge in [0.1, 0.15) is 12.4 Å². The number of nitrogens with one attached hydrogen (secondary N) is 1. The molecule has 0 amide bonds. The van der Waals surface area contributed by atoms with Crippen LogP contribution < -0.4 is 16.0 Å². The van der Waals surface area contributed by atoms with E-state index in [-0.39, 0.29) is 5.82 Å². The van der Waals surface area contributed by atoms with Crippen molar-refractivity contribution in [2.24, 2.45) is 4.99 Å². The molecule has 2 aromatic rings. The topological polar surface area (TPSA) is 103 Å². The highest BCUT2D eigenvalue weighted by Crippen LogP contribution is 2.14. The van der Waals surface area contributed by atoms with E-state index in [1.165, 1.54) is 5.56 Å². The molecule has 0 saturated heterocycles. The molecule has 0 spiro atoms. The first-order valence-electron chi connectivity index (χ1n) is 7.13. The van der Waals surface area contributed by atoms with Crippen molar-refractivity contribution in [3.05, 3.63) is 47.5 Å². The van der Waals surface area contributed by atoms with Gasteiger partial charge >= 0.3 is 0 Å². The van der Waals surface area contributed by atoms with Crippen LogP contribution in [0.5, 0.6) is 5.75 Å². The van der Waals surface area contributed by atoms with Crippen LogP contribution in [-0.4, -0.2) is 45.4 Å². The Morgan fingerprint density at radius 3 is 2.96 bits per heavy atom. The zero-order chi connectivity index (χ0) is 16.7. The highest BCUT2D eigenvalue weighted by atomic mass is 32.2. The third-order valence-electron chi connectivity index (χ3n) is 2.87. The van der Waals surface area contributed by atoms with Gasteiger partial charge < -0.3 is 19.9 Å². The van der Waals surface area contributed by atoms with Crippen molar-refractivity contribution >= 4 is 17.0 Å². The SMILES string of the molecule is CN(C)Cc1cccc(OCC=CCN=c2[nH][s+]([O-])nc2N)c1. The fraction of sp³-hybridized carbons (Fsp3) is 0.333. The van der Waals surface area contributed by atoms with E-state index < -0.39 is 11.1 Å². The van der Waals surface area contributed by atoms with Gasteiger partial charge in [-0.05, 0) is 37.9 Å². The summed E-state index contributed by atoms with van der Waals surface area (Å²) in [6.45, 7) is 1.75. The molecule has 0 aliphatic heterocycles. The highest BCUT2D eigenvalue weighted by Gasteiger charge is 2.01. The summed E-state index contributed by atoms with van der Waals surface area (Å²) in [4.78, 5) is 6.26. The monoisotopic (exact) mass is 335 g/mol. The summed E-state index contributed by atoms with van der Waals surface area (Å²) in [6.07, 6.45) is 3.73. The molecular formula is C15H21N5O2S. The number of ether oxygens (including phenoxy) is 1. The molecular weight excluding hydrogens is 314 g/mol. The normalized spacial score (nSPS) is 13.2. The van der Waals surface area contributed by atoms with Gasteiger partial charge in [0.2, 0.25) is 11.3 Å². The molecule has 0 radical (unpaired) electrons. The number of rotatable bonds is 7. The second-order valence-electron chi connectivity index (χ2n) is 5.18. The average Bonchev–Trinajstić information content (AvgIpc) is 2.80. The Balaban J connectivity index is 1.81. The van der Waals surface area contributed by atoms with E-state index in [4.69, 9.17) is 10.5 Å². The van der Waals surface area contributed by atoms with Crippen molar-refractivity contribution < 1.29 is 9.29 Å². The lowest BCUT2D eigenvalue weighted by molar-refractivity contribution is 0.359. The highest BCUT2D eigenvalue weighted by molar-refractivity contribution is 7.13. The summed E-state index contributed by atoms with van der Waals surface area (Å²) >= 11 is -1.49. The molecule has 0 bridgehead atoms. The molecule has 124 valence electrons. The molecule has 1 unspecified atom stereocenters. The number of aromatic amines is 1. The summed E-state index contributed by atoms with van der Waals surface area (Å²) in [7, 11) is 4.06. The van der Waals surface area contributed by atoms with Crippen LogP contribution in [0.4, 0.5) is 5.82 Å². The lowest BCUT2D eigenvalue weighted by atomic mass is 10.2. The lowest BCUT2D eigenvalue weighted by Gasteiger charge is -2.11. The molecule has 1 heterocycles. The van der Waals surface area contributed by atoms with Crippen molar-refractivity contribution in [2.75, 3.05) is 33.0 Å². The number of nitrogens with zero attached hydrogens (tertiary/aromatic N) is 3. The quantitative estimate of drug-likeness (QED) is 0.587. The van der Waals surface area contributed by atoms with Gasteiger partial charge in [-0.25, -0.2) is 0 Å². The summed E-state index contributed by atoms with van der Waals surface area (Å²) in [6, 6.07) is 8.02. The maximum atomic E-state index is 11.1. The summed E-state index contributed by atoms with van der Waals surface area (Å²) < 4.78 is 22.9. The van der Waals surface area contributed by atoms with E-state index in [2.05, 4.69) is 24.7 Å². The number of nitrogens with two attached hydrogens (primary N) is 1. The second-order valence-corrected chi connectivity index (χ2v) is 6.07. The smallest absolute Gasteiger partial charge is 0.229 e. The first kappa shape index (κ1) is 17.2. The van der Waals surface area contributed by atoms with Gasteiger partial charge in [0.25, 0.3) is 0 Å². The van der Waals surface area contributed by atoms with Gasteiger partial charge in [-0.1, -0.05) is 18.2 Å². The number of anilines is 1. The maximum absolute atomic E-state index is 11.1. The van der Waals surface area contributed by atoms with Gasteiger partial charge in [0, 0.05) is 10.9 Å². The Kier molecular flexibility index (Phi) is 6.33. The Morgan fingerprint density at radius 2 is 2.26 bits per heavy atom. The van der Waals surface area contributed by atoms with E-state index >= 15 is 0 Å². The van der Waals surface area contributed by atoms with Crippen LogP contribution >= 0.6 is 11.1 Å². The maximum Gasteiger partial charge on any atom is 0.229 e. The van der Waals surface area contributed by atoms with Gasteiger partial charge in [-0.3, -0.25) is 4.99 Å². The summed E-state index contributed by atoms with van der Waals surface area (Å²) in [5.74, 6) is 1.01. The molecule has 23 heavy (non-hydrogen) atoms. The zero-order valence-electron chi connectivity index (χ0n) is 13.2. The number of H-pyrrole nitrogens is 1. The van der Waals surface area contributed by atoms with E-state index in [1.54, 1.807) is 0 Å². The molecule has 2 rings (SSSR count). The number of benzene rings is 1. The number of hydrogen-bond donors (Lipinski definition) is 2. The van der Waals surface area contributed by atoms with Crippen molar-refractivity contribution in [3.63, 3.8) is 0 Å². The molecule has 1 aromatic heterocycles. The summed E-state index contributed by atoms with van der Waals surface area (Å²) in [5.41, 5.74) is 7.12. The van der Waals surface area contributed by atoms with Gasteiger partial charge in [0.15, 0.2) is 11.1 Å². The predicted molar refractivity (Wildman–Crippen MR) is 90.6 cm³/mol. The van der Waals surface area contributed by atoms with Crippen molar-refractivity contribution in [2.45, 2.75) is 6.54 Å². The average molecular weight is 335 g/mol.